The van der Waals surface area contributed by atoms with Crippen LogP contribution in [0.4, 0.5) is 10.5 Å². The maximum absolute atomic E-state index is 13.4. The first-order valence-corrected chi connectivity index (χ1v) is 11.2. The molecule has 0 aromatic heterocycles. The molecule has 4 amide bonds. The van der Waals surface area contributed by atoms with Gasteiger partial charge in [0.25, 0.3) is 11.8 Å². The molecule has 34 heavy (non-hydrogen) atoms. The predicted octanol–water partition coefficient (Wildman–Crippen LogP) is 5.17. The smallest absolute Gasteiger partial charge is 0.335 e. The van der Waals surface area contributed by atoms with Crippen molar-refractivity contribution in [3.8, 4) is 5.75 Å². The van der Waals surface area contributed by atoms with Gasteiger partial charge in [-0.1, -0.05) is 61.0 Å². The van der Waals surface area contributed by atoms with Gasteiger partial charge in [-0.3, -0.25) is 14.9 Å². The van der Waals surface area contributed by atoms with Gasteiger partial charge in [0.1, 0.15) is 11.3 Å². The van der Waals surface area contributed by atoms with Crippen molar-refractivity contribution in [2.45, 2.75) is 19.8 Å². The molecule has 0 radical (unpaired) electrons. The molecule has 172 valence electrons. The Morgan fingerprint density at radius 3 is 2.35 bits per heavy atom. The molecular formula is C27H23ClN2O4. The Hall–Kier alpha value is -3.90. The number of nitrogens with zero attached hydrogens (tertiary/aromatic N) is 1. The number of ether oxygens (including phenoxy) is 1. The van der Waals surface area contributed by atoms with Gasteiger partial charge in [-0.25, -0.2) is 9.69 Å². The number of barbiturate groups is 1. The monoisotopic (exact) mass is 474 g/mol. The summed E-state index contributed by atoms with van der Waals surface area (Å²) in [6.07, 6.45) is 2.60. The molecule has 6 nitrogen and oxygen atoms in total. The van der Waals surface area contributed by atoms with Gasteiger partial charge in [-0.2, -0.15) is 0 Å². The Balaban J connectivity index is 1.78. The topological polar surface area (TPSA) is 75.7 Å². The minimum absolute atomic E-state index is 0.129. The number of anilines is 1. The first-order chi connectivity index (χ1) is 16.4. The summed E-state index contributed by atoms with van der Waals surface area (Å²) in [5, 5.41) is 2.91. The van der Waals surface area contributed by atoms with Crippen LogP contribution < -0.4 is 15.0 Å². The second kappa shape index (κ2) is 9.93. The number of carbonyl (C=O) groups is 3. The third kappa shape index (κ3) is 4.58. The highest BCUT2D eigenvalue weighted by atomic mass is 35.5. The molecule has 3 aromatic carbocycles. The van der Waals surface area contributed by atoms with Crippen LogP contribution in [0, 0.1) is 0 Å². The number of amides is 4. The highest BCUT2D eigenvalue weighted by Gasteiger charge is 2.37. The SMILES string of the molecule is CCc1ccccc1N1C(=O)NC(=O)/C(=C/c2ccc(OC)cc2Cc2ccccc2Cl)C1=O. The number of methoxy groups -OCH3 is 1. The van der Waals surface area contributed by atoms with E-state index in [4.69, 9.17) is 16.3 Å². The van der Waals surface area contributed by atoms with E-state index in [1.807, 2.05) is 49.4 Å². The van der Waals surface area contributed by atoms with Gasteiger partial charge >= 0.3 is 6.03 Å². The number of halogens is 1. The zero-order valence-corrected chi connectivity index (χ0v) is 19.6. The molecule has 0 aliphatic carbocycles. The van der Waals surface area contributed by atoms with E-state index in [2.05, 4.69) is 5.32 Å². The molecule has 0 bridgehead atoms. The number of urea groups is 1. The van der Waals surface area contributed by atoms with Crippen LogP contribution in [-0.2, 0) is 22.4 Å². The zero-order chi connectivity index (χ0) is 24.2. The van der Waals surface area contributed by atoms with Gasteiger partial charge in [0, 0.05) is 5.02 Å². The highest BCUT2D eigenvalue weighted by molar-refractivity contribution is 6.39. The molecule has 0 atom stereocenters. The molecule has 3 aromatic rings. The maximum Gasteiger partial charge on any atom is 0.335 e. The Morgan fingerprint density at radius 2 is 1.65 bits per heavy atom. The zero-order valence-electron chi connectivity index (χ0n) is 18.8. The van der Waals surface area contributed by atoms with E-state index in [9.17, 15) is 14.4 Å². The summed E-state index contributed by atoms with van der Waals surface area (Å²) in [6.45, 7) is 1.94. The van der Waals surface area contributed by atoms with Gasteiger partial charge in [0.15, 0.2) is 0 Å². The number of aryl methyl sites for hydroxylation is 1. The van der Waals surface area contributed by atoms with Crippen LogP contribution in [0.3, 0.4) is 0 Å². The minimum Gasteiger partial charge on any atom is -0.497 e. The van der Waals surface area contributed by atoms with Crippen LogP contribution >= 0.6 is 11.6 Å². The number of hydrogen-bond donors (Lipinski definition) is 1. The van der Waals surface area contributed by atoms with Crippen LogP contribution in [0.5, 0.6) is 5.75 Å². The summed E-state index contributed by atoms with van der Waals surface area (Å²) in [7, 11) is 1.57. The first kappa shape index (κ1) is 23.3. The Bertz CT molecular complexity index is 1320. The second-order valence-corrected chi connectivity index (χ2v) is 8.18. The summed E-state index contributed by atoms with van der Waals surface area (Å²) in [5.41, 5.74) is 3.51. The Kier molecular flexibility index (Phi) is 6.80. The first-order valence-electron chi connectivity index (χ1n) is 10.8. The summed E-state index contributed by atoms with van der Waals surface area (Å²) < 4.78 is 5.37. The van der Waals surface area contributed by atoms with Crippen LogP contribution in [0.25, 0.3) is 6.08 Å². The van der Waals surface area contributed by atoms with Crippen molar-refractivity contribution in [2.75, 3.05) is 12.0 Å². The number of hydrogen-bond acceptors (Lipinski definition) is 4. The van der Waals surface area contributed by atoms with Gasteiger partial charge < -0.3 is 4.74 Å². The summed E-state index contributed by atoms with van der Waals surface area (Å²) in [6, 6.07) is 19.2. The average molecular weight is 475 g/mol. The van der Waals surface area contributed by atoms with E-state index in [0.29, 0.717) is 34.9 Å². The van der Waals surface area contributed by atoms with Crippen LogP contribution in [0.2, 0.25) is 5.02 Å². The molecular weight excluding hydrogens is 452 g/mol. The van der Waals surface area contributed by atoms with Crippen LogP contribution in [-0.4, -0.2) is 25.0 Å². The molecule has 0 unspecified atom stereocenters. The number of nitrogens with one attached hydrogen (secondary N) is 1. The van der Waals surface area contributed by atoms with Crippen molar-refractivity contribution in [3.63, 3.8) is 0 Å². The molecule has 1 aliphatic rings. The van der Waals surface area contributed by atoms with Crippen LogP contribution in [0.1, 0.15) is 29.2 Å². The molecule has 1 aliphatic heterocycles. The number of imide groups is 2. The number of benzene rings is 3. The van der Waals surface area contributed by atoms with Crippen molar-refractivity contribution >= 4 is 41.2 Å². The lowest BCUT2D eigenvalue weighted by Gasteiger charge is -2.28. The van der Waals surface area contributed by atoms with Crippen molar-refractivity contribution in [3.05, 3.63) is 99.6 Å². The lowest BCUT2D eigenvalue weighted by molar-refractivity contribution is -0.122. The fourth-order valence-corrected chi connectivity index (χ4v) is 4.11. The van der Waals surface area contributed by atoms with Crippen LogP contribution in [0.15, 0.2) is 72.3 Å². The number of para-hydroxylation sites is 1. The summed E-state index contributed by atoms with van der Waals surface area (Å²) >= 11 is 6.36. The predicted molar refractivity (Wildman–Crippen MR) is 132 cm³/mol. The Morgan fingerprint density at radius 1 is 0.941 bits per heavy atom. The van der Waals surface area contributed by atoms with E-state index in [-0.39, 0.29) is 5.57 Å². The minimum atomic E-state index is -0.765. The molecule has 0 saturated carbocycles. The molecule has 1 saturated heterocycles. The molecule has 1 heterocycles. The van der Waals surface area contributed by atoms with Crippen molar-refractivity contribution < 1.29 is 19.1 Å². The standard InChI is InChI=1S/C27H23ClN2O4/c1-3-17-8-5-7-11-24(17)30-26(32)22(25(31)29-27(30)33)16-18-12-13-21(34-2)15-20(18)14-19-9-4-6-10-23(19)28/h4-13,15-16H,3,14H2,1-2H3,(H,29,31,33)/b22-16-. The average Bonchev–Trinajstić information content (AvgIpc) is 2.84. The van der Waals surface area contributed by atoms with Gasteiger partial charge in [0.05, 0.1) is 12.8 Å². The molecule has 4 rings (SSSR count). The van der Waals surface area contributed by atoms with Crippen molar-refractivity contribution in [2.24, 2.45) is 0 Å². The number of carbonyl (C=O) groups excluding carboxylic acids is 3. The normalized spacial score (nSPS) is 15.0. The molecule has 1 N–H and O–H groups in total. The van der Waals surface area contributed by atoms with E-state index in [1.165, 1.54) is 6.08 Å². The lowest BCUT2D eigenvalue weighted by atomic mass is 9.96. The highest BCUT2D eigenvalue weighted by Crippen LogP contribution is 2.29. The third-order valence-electron chi connectivity index (χ3n) is 5.70. The maximum atomic E-state index is 13.4. The fourth-order valence-electron chi connectivity index (χ4n) is 3.91. The Labute approximate surface area is 202 Å². The number of rotatable bonds is 6. The van der Waals surface area contributed by atoms with Gasteiger partial charge in [-0.15, -0.1) is 0 Å². The largest absolute Gasteiger partial charge is 0.497 e. The van der Waals surface area contributed by atoms with Crippen molar-refractivity contribution in [1.29, 1.82) is 0 Å². The molecule has 7 heteroatoms. The fraction of sp³-hybridized carbons (Fsp3) is 0.148. The van der Waals surface area contributed by atoms with E-state index in [1.54, 1.807) is 31.4 Å². The lowest BCUT2D eigenvalue weighted by Crippen LogP contribution is -2.54. The summed E-state index contributed by atoms with van der Waals surface area (Å²) in [4.78, 5) is 39.7. The van der Waals surface area contributed by atoms with Gasteiger partial charge in [0.2, 0.25) is 0 Å². The quantitative estimate of drug-likeness (QED) is 0.395. The van der Waals surface area contributed by atoms with E-state index >= 15 is 0 Å². The van der Waals surface area contributed by atoms with Gasteiger partial charge in [-0.05, 0) is 65.4 Å². The third-order valence-corrected chi connectivity index (χ3v) is 6.07. The molecule has 1 fully saturated rings. The van der Waals surface area contributed by atoms with Crippen molar-refractivity contribution in [1.82, 2.24) is 5.32 Å². The summed E-state index contributed by atoms with van der Waals surface area (Å²) in [5.74, 6) is -0.772. The van der Waals surface area contributed by atoms with E-state index < -0.39 is 17.8 Å². The molecule has 0 spiro atoms. The van der Waals surface area contributed by atoms with E-state index in [0.717, 1.165) is 21.6 Å². The second-order valence-electron chi connectivity index (χ2n) is 7.77.